The predicted molar refractivity (Wildman–Crippen MR) is 135 cm³/mol. The highest BCUT2D eigenvalue weighted by atomic mass is 35.5. The first kappa shape index (κ1) is 21.0. The van der Waals surface area contributed by atoms with Crippen LogP contribution in [0.15, 0.2) is 53.4 Å². The Morgan fingerprint density at radius 2 is 1.87 bits per heavy atom. The molecule has 2 heterocycles. The fourth-order valence-corrected chi connectivity index (χ4v) is 7.23. The molecule has 0 radical (unpaired) electrons. The van der Waals surface area contributed by atoms with Gasteiger partial charge in [-0.1, -0.05) is 23.7 Å². The summed E-state index contributed by atoms with van der Waals surface area (Å²) in [7, 11) is 0. The van der Waals surface area contributed by atoms with Crippen LogP contribution in [0.3, 0.4) is 0 Å². The second kappa shape index (κ2) is 9.33. The Kier molecular flexibility index (Phi) is 6.32. The zero-order valence-electron chi connectivity index (χ0n) is 16.8. The number of aryl methyl sites for hydroxylation is 1. The number of thiophene rings is 1. The number of amides is 1. The molecule has 1 N–H and O–H groups in total. The fourth-order valence-electron chi connectivity index (χ4n) is 3.84. The van der Waals surface area contributed by atoms with Crippen LogP contribution in [0.5, 0.6) is 0 Å². The summed E-state index contributed by atoms with van der Waals surface area (Å²) in [5.74, 6) is 0.789. The third-order valence-corrected chi connectivity index (χ3v) is 8.87. The van der Waals surface area contributed by atoms with E-state index in [0.29, 0.717) is 6.42 Å². The van der Waals surface area contributed by atoms with Crippen LogP contribution in [0.25, 0.3) is 20.8 Å². The van der Waals surface area contributed by atoms with Crippen molar-refractivity contribution in [2.45, 2.75) is 37.0 Å². The van der Waals surface area contributed by atoms with Crippen LogP contribution >= 0.6 is 46.0 Å². The third kappa shape index (κ3) is 4.67. The number of fused-ring (bicyclic) bond motifs is 2. The molecule has 0 saturated carbocycles. The molecule has 1 aliphatic rings. The molecule has 0 spiro atoms. The normalized spacial score (nSPS) is 13.3. The molecule has 158 valence electrons. The minimum absolute atomic E-state index is 0.0578. The summed E-state index contributed by atoms with van der Waals surface area (Å²) in [5, 5.41) is 5.93. The first-order valence-electron chi connectivity index (χ1n) is 10.4. The lowest BCUT2D eigenvalue weighted by Gasteiger charge is -2.11. The van der Waals surface area contributed by atoms with E-state index < -0.39 is 0 Å². The number of nitrogens with zero attached hydrogens (tertiary/aromatic N) is 1. The number of rotatable bonds is 6. The lowest BCUT2D eigenvalue weighted by Crippen LogP contribution is -2.12. The van der Waals surface area contributed by atoms with Crippen molar-refractivity contribution in [1.29, 1.82) is 0 Å². The van der Waals surface area contributed by atoms with E-state index in [0.717, 1.165) is 49.6 Å². The average molecular weight is 485 g/mol. The number of aromatic nitrogens is 1. The largest absolute Gasteiger partial charge is 0.317 e. The molecule has 1 amide bonds. The zero-order valence-corrected chi connectivity index (χ0v) is 20.0. The lowest BCUT2D eigenvalue weighted by molar-refractivity contribution is -0.115. The van der Waals surface area contributed by atoms with Gasteiger partial charge in [-0.15, -0.1) is 34.4 Å². The van der Waals surface area contributed by atoms with Crippen molar-refractivity contribution in [3.8, 4) is 10.6 Å². The van der Waals surface area contributed by atoms with Crippen molar-refractivity contribution in [3.63, 3.8) is 0 Å². The van der Waals surface area contributed by atoms with Crippen LogP contribution in [0.4, 0.5) is 5.00 Å². The van der Waals surface area contributed by atoms with Crippen LogP contribution in [-0.2, 0) is 17.6 Å². The molecule has 1 aliphatic carbocycles. The van der Waals surface area contributed by atoms with Crippen LogP contribution in [-0.4, -0.2) is 16.6 Å². The quantitative estimate of drug-likeness (QED) is 0.285. The number of halogens is 1. The van der Waals surface area contributed by atoms with Crippen molar-refractivity contribution >= 4 is 67.2 Å². The van der Waals surface area contributed by atoms with Gasteiger partial charge in [0.25, 0.3) is 0 Å². The first-order valence-corrected chi connectivity index (χ1v) is 13.4. The SMILES string of the molecule is O=C(CCSc1ccc(Cl)cc1)Nc1sc2c(c1-c1nc3ccccc3s1)CCCC2. The molecule has 3 nitrogen and oxygen atoms in total. The Morgan fingerprint density at radius 3 is 2.71 bits per heavy atom. The van der Waals surface area contributed by atoms with Gasteiger partial charge in [0.2, 0.25) is 5.91 Å². The van der Waals surface area contributed by atoms with E-state index in [1.165, 1.54) is 28.0 Å². The molecule has 0 unspecified atom stereocenters. The summed E-state index contributed by atoms with van der Waals surface area (Å²) < 4.78 is 1.19. The Balaban J connectivity index is 1.35. The number of hydrogen-bond acceptors (Lipinski definition) is 5. The third-order valence-electron chi connectivity index (χ3n) is 5.34. The molecule has 7 heteroatoms. The van der Waals surface area contributed by atoms with Crippen molar-refractivity contribution in [1.82, 2.24) is 4.98 Å². The van der Waals surface area contributed by atoms with E-state index in [4.69, 9.17) is 16.6 Å². The Morgan fingerprint density at radius 1 is 1.06 bits per heavy atom. The maximum atomic E-state index is 12.8. The lowest BCUT2D eigenvalue weighted by atomic mass is 9.96. The smallest absolute Gasteiger partial charge is 0.225 e. The van der Waals surface area contributed by atoms with E-state index in [-0.39, 0.29) is 5.91 Å². The Labute approximate surface area is 198 Å². The second-order valence-corrected chi connectivity index (χ2v) is 11.2. The molecular weight excluding hydrogens is 464 g/mol. The van der Waals surface area contributed by atoms with E-state index in [1.807, 2.05) is 30.3 Å². The number of thiazole rings is 1. The highest BCUT2D eigenvalue weighted by molar-refractivity contribution is 7.99. The fraction of sp³-hybridized carbons (Fsp3) is 0.250. The van der Waals surface area contributed by atoms with E-state index in [2.05, 4.69) is 23.5 Å². The summed E-state index contributed by atoms with van der Waals surface area (Å²) in [6.07, 6.45) is 5.05. The number of carbonyl (C=O) groups excluding carboxylic acids is 1. The van der Waals surface area contributed by atoms with Crippen LogP contribution in [0, 0.1) is 0 Å². The van der Waals surface area contributed by atoms with Gasteiger partial charge in [-0.25, -0.2) is 4.98 Å². The molecule has 31 heavy (non-hydrogen) atoms. The standard InChI is InChI=1S/C24H21ClN2OS3/c25-15-9-11-16(12-10-15)29-14-13-21(28)27-24-22(17-5-1-3-7-19(17)30-24)23-26-18-6-2-4-8-20(18)31-23/h2,4,6,8-12H,1,3,5,7,13-14H2,(H,27,28). The summed E-state index contributed by atoms with van der Waals surface area (Å²) in [6, 6.07) is 16.0. The summed E-state index contributed by atoms with van der Waals surface area (Å²) in [4.78, 5) is 20.2. The molecular formula is C24H21ClN2OS3. The maximum Gasteiger partial charge on any atom is 0.225 e. The van der Waals surface area contributed by atoms with Crippen molar-refractivity contribution in [2.24, 2.45) is 0 Å². The molecule has 0 bridgehead atoms. The molecule has 0 fully saturated rings. The monoisotopic (exact) mass is 484 g/mol. The van der Waals surface area contributed by atoms with Gasteiger partial charge in [-0.3, -0.25) is 4.79 Å². The van der Waals surface area contributed by atoms with E-state index >= 15 is 0 Å². The molecule has 2 aromatic carbocycles. The van der Waals surface area contributed by atoms with Gasteiger partial charge in [0, 0.05) is 32.5 Å². The van der Waals surface area contributed by atoms with Gasteiger partial charge in [-0.05, 0) is 67.6 Å². The predicted octanol–water partition coefficient (Wildman–Crippen LogP) is 7.68. The number of benzene rings is 2. The van der Waals surface area contributed by atoms with Gasteiger partial charge >= 0.3 is 0 Å². The molecule has 0 aliphatic heterocycles. The van der Waals surface area contributed by atoms with Crippen molar-refractivity contribution in [2.75, 3.05) is 11.1 Å². The highest BCUT2D eigenvalue weighted by Gasteiger charge is 2.25. The van der Waals surface area contributed by atoms with Crippen molar-refractivity contribution in [3.05, 3.63) is 64.0 Å². The van der Waals surface area contributed by atoms with Gasteiger partial charge in [0.05, 0.1) is 10.2 Å². The number of para-hydroxylation sites is 1. The van der Waals surface area contributed by atoms with Crippen LogP contribution in [0.1, 0.15) is 29.7 Å². The second-order valence-electron chi connectivity index (χ2n) is 7.50. The van der Waals surface area contributed by atoms with E-state index in [9.17, 15) is 4.79 Å². The number of hydrogen-bond donors (Lipinski definition) is 1. The Bertz CT molecular complexity index is 1200. The van der Waals surface area contributed by atoms with Crippen molar-refractivity contribution < 1.29 is 4.79 Å². The number of carbonyl (C=O) groups is 1. The Hall–Kier alpha value is -1.86. The van der Waals surface area contributed by atoms with E-state index in [1.54, 1.807) is 34.4 Å². The molecule has 5 rings (SSSR count). The van der Waals surface area contributed by atoms with Gasteiger partial charge in [0.1, 0.15) is 10.0 Å². The highest BCUT2D eigenvalue weighted by Crippen LogP contribution is 2.46. The molecule has 4 aromatic rings. The number of thioether (sulfide) groups is 1. The minimum Gasteiger partial charge on any atom is -0.317 e. The summed E-state index contributed by atoms with van der Waals surface area (Å²) in [6.45, 7) is 0. The summed E-state index contributed by atoms with van der Waals surface area (Å²) >= 11 is 11.1. The van der Waals surface area contributed by atoms with Crippen LogP contribution in [0.2, 0.25) is 5.02 Å². The maximum absolute atomic E-state index is 12.8. The van der Waals surface area contributed by atoms with Crippen LogP contribution < -0.4 is 5.32 Å². The molecule has 0 atom stereocenters. The molecule has 2 aromatic heterocycles. The van der Waals surface area contributed by atoms with Gasteiger partial charge < -0.3 is 5.32 Å². The molecule has 0 saturated heterocycles. The minimum atomic E-state index is 0.0578. The number of anilines is 1. The first-order chi connectivity index (χ1) is 15.2. The topological polar surface area (TPSA) is 42.0 Å². The zero-order chi connectivity index (χ0) is 21.2. The van der Waals surface area contributed by atoms with Gasteiger partial charge in [0.15, 0.2) is 0 Å². The number of nitrogens with one attached hydrogen (secondary N) is 1. The van der Waals surface area contributed by atoms with Gasteiger partial charge in [-0.2, -0.15) is 0 Å². The average Bonchev–Trinajstić information content (AvgIpc) is 3.35. The summed E-state index contributed by atoms with van der Waals surface area (Å²) in [5.41, 5.74) is 3.57.